The minimum atomic E-state index is -0.389. The summed E-state index contributed by atoms with van der Waals surface area (Å²) in [6, 6.07) is 16.4. The molecule has 112 valence electrons. The van der Waals surface area contributed by atoms with Crippen molar-refractivity contribution >= 4 is 0 Å². The summed E-state index contributed by atoms with van der Waals surface area (Å²) in [5.74, 6) is -0.336. The van der Waals surface area contributed by atoms with Crippen molar-refractivity contribution in [2.75, 3.05) is 0 Å². The van der Waals surface area contributed by atoms with Crippen LogP contribution >= 0.6 is 0 Å². The molecule has 0 spiro atoms. The summed E-state index contributed by atoms with van der Waals surface area (Å²) in [5.41, 5.74) is 1.68. The third-order valence-electron chi connectivity index (χ3n) is 3.48. The van der Waals surface area contributed by atoms with Crippen LogP contribution < -0.4 is 5.56 Å². The molecular formula is C18H12FN3O. The first-order valence-corrected chi connectivity index (χ1v) is 6.99. The second kappa shape index (κ2) is 6.24. The quantitative estimate of drug-likeness (QED) is 0.747. The van der Waals surface area contributed by atoms with E-state index in [2.05, 4.69) is 4.98 Å². The summed E-state index contributed by atoms with van der Waals surface area (Å²) in [6.07, 6.45) is 1.64. The van der Waals surface area contributed by atoms with Crippen molar-refractivity contribution in [2.24, 2.45) is 0 Å². The van der Waals surface area contributed by atoms with Crippen LogP contribution in [0.15, 0.2) is 65.6 Å². The fraction of sp³-hybridized carbons (Fsp3) is 0.0556. The molecule has 2 aromatic heterocycles. The molecule has 3 rings (SSSR count). The van der Waals surface area contributed by atoms with Crippen molar-refractivity contribution in [3.63, 3.8) is 0 Å². The molecule has 0 saturated heterocycles. The van der Waals surface area contributed by atoms with Gasteiger partial charge in [0, 0.05) is 6.20 Å². The van der Waals surface area contributed by atoms with E-state index in [4.69, 9.17) is 5.26 Å². The van der Waals surface area contributed by atoms with E-state index >= 15 is 0 Å². The van der Waals surface area contributed by atoms with E-state index in [0.717, 1.165) is 5.56 Å². The highest BCUT2D eigenvalue weighted by Crippen LogP contribution is 2.17. The van der Waals surface area contributed by atoms with E-state index in [-0.39, 0.29) is 23.5 Å². The molecule has 1 aromatic carbocycles. The fourth-order valence-electron chi connectivity index (χ4n) is 2.33. The fourth-order valence-corrected chi connectivity index (χ4v) is 2.33. The summed E-state index contributed by atoms with van der Waals surface area (Å²) in [4.78, 5) is 16.8. The highest BCUT2D eigenvalue weighted by atomic mass is 19.1. The lowest BCUT2D eigenvalue weighted by Crippen LogP contribution is -2.24. The Morgan fingerprint density at radius 3 is 2.52 bits per heavy atom. The minimum Gasteiger partial charge on any atom is -0.301 e. The molecule has 0 fully saturated rings. The molecule has 0 N–H and O–H groups in total. The maximum Gasteiger partial charge on any atom is 0.269 e. The molecule has 0 saturated carbocycles. The zero-order valence-electron chi connectivity index (χ0n) is 12.1. The second-order valence-electron chi connectivity index (χ2n) is 4.98. The van der Waals surface area contributed by atoms with E-state index < -0.39 is 0 Å². The first-order chi connectivity index (χ1) is 11.2. The topological polar surface area (TPSA) is 58.7 Å². The zero-order valence-corrected chi connectivity index (χ0v) is 12.1. The molecule has 3 aromatic rings. The molecule has 23 heavy (non-hydrogen) atoms. The van der Waals surface area contributed by atoms with Gasteiger partial charge in [-0.15, -0.1) is 0 Å². The van der Waals surface area contributed by atoms with Gasteiger partial charge in [-0.3, -0.25) is 9.78 Å². The largest absolute Gasteiger partial charge is 0.301 e. The highest BCUT2D eigenvalue weighted by molar-refractivity contribution is 5.55. The number of aromatic nitrogens is 2. The van der Waals surface area contributed by atoms with Gasteiger partial charge in [0.05, 0.1) is 17.9 Å². The molecule has 0 atom stereocenters. The average molecular weight is 305 g/mol. The van der Waals surface area contributed by atoms with Crippen molar-refractivity contribution in [1.82, 2.24) is 9.55 Å². The maximum absolute atomic E-state index is 13.0. The van der Waals surface area contributed by atoms with Gasteiger partial charge in [0.1, 0.15) is 17.4 Å². The van der Waals surface area contributed by atoms with Gasteiger partial charge in [0.15, 0.2) is 0 Å². The van der Waals surface area contributed by atoms with E-state index in [1.165, 1.54) is 22.8 Å². The molecule has 0 amide bonds. The van der Waals surface area contributed by atoms with E-state index in [1.807, 2.05) is 12.1 Å². The summed E-state index contributed by atoms with van der Waals surface area (Å²) < 4.78 is 14.5. The predicted octanol–water partition coefficient (Wildman–Crippen LogP) is 2.97. The third kappa shape index (κ3) is 3.01. The number of nitrogens with zero attached hydrogens (tertiary/aromatic N) is 3. The van der Waals surface area contributed by atoms with Crippen LogP contribution in [0.4, 0.5) is 4.39 Å². The number of halogens is 1. The lowest BCUT2D eigenvalue weighted by Gasteiger charge is -2.13. The number of pyridine rings is 2. The highest BCUT2D eigenvalue weighted by Gasteiger charge is 2.11. The first-order valence-electron chi connectivity index (χ1n) is 6.99. The van der Waals surface area contributed by atoms with Crippen molar-refractivity contribution in [3.8, 4) is 17.5 Å². The molecule has 5 heteroatoms. The van der Waals surface area contributed by atoms with E-state index in [9.17, 15) is 9.18 Å². The predicted molar refractivity (Wildman–Crippen MR) is 84.2 cm³/mol. The van der Waals surface area contributed by atoms with Gasteiger partial charge in [0.25, 0.3) is 5.56 Å². The second-order valence-corrected chi connectivity index (χ2v) is 4.98. The first kappa shape index (κ1) is 14.7. The average Bonchev–Trinajstić information content (AvgIpc) is 2.59. The Labute approximate surface area is 132 Å². The Balaban J connectivity index is 2.14. The molecule has 0 aliphatic carbocycles. The van der Waals surface area contributed by atoms with Crippen LogP contribution in [0.5, 0.6) is 0 Å². The van der Waals surface area contributed by atoms with Gasteiger partial charge in [0.2, 0.25) is 0 Å². The number of benzene rings is 1. The summed E-state index contributed by atoms with van der Waals surface area (Å²) in [5, 5.41) is 9.08. The molecule has 0 bridgehead atoms. The van der Waals surface area contributed by atoms with Crippen LogP contribution in [0.1, 0.15) is 11.1 Å². The maximum atomic E-state index is 13.0. The molecule has 4 nitrogen and oxygen atoms in total. The lowest BCUT2D eigenvalue weighted by atomic mass is 10.1. The van der Waals surface area contributed by atoms with Crippen LogP contribution in [-0.4, -0.2) is 9.55 Å². The number of rotatable bonds is 3. The molecule has 0 aliphatic rings. The smallest absolute Gasteiger partial charge is 0.269 e. The van der Waals surface area contributed by atoms with Gasteiger partial charge in [-0.25, -0.2) is 4.39 Å². The van der Waals surface area contributed by atoms with Crippen LogP contribution in [0.3, 0.4) is 0 Å². The number of hydrogen-bond acceptors (Lipinski definition) is 3. The molecule has 0 radical (unpaired) electrons. The number of nitriles is 1. The van der Waals surface area contributed by atoms with Crippen molar-refractivity contribution < 1.29 is 4.39 Å². The van der Waals surface area contributed by atoms with Gasteiger partial charge in [-0.1, -0.05) is 18.2 Å². The van der Waals surface area contributed by atoms with Crippen LogP contribution in [0, 0.1) is 17.1 Å². The molecule has 0 unspecified atom stereocenters. The van der Waals surface area contributed by atoms with Crippen LogP contribution in [0.2, 0.25) is 0 Å². The monoisotopic (exact) mass is 305 g/mol. The molecular weight excluding hydrogens is 293 g/mol. The SMILES string of the molecule is N#Cc1ccc(-c2ccccn2)n(Cc2ccc(F)cc2)c1=O. The van der Waals surface area contributed by atoms with Gasteiger partial charge >= 0.3 is 0 Å². The zero-order chi connectivity index (χ0) is 16.2. The van der Waals surface area contributed by atoms with Crippen molar-refractivity contribution in [2.45, 2.75) is 6.54 Å². The van der Waals surface area contributed by atoms with Gasteiger partial charge in [-0.05, 0) is 42.0 Å². The van der Waals surface area contributed by atoms with Crippen molar-refractivity contribution in [1.29, 1.82) is 5.26 Å². The molecule has 2 heterocycles. The Morgan fingerprint density at radius 1 is 1.09 bits per heavy atom. The standard InChI is InChI=1S/C18H12FN3O/c19-15-7-4-13(5-8-15)12-22-17(16-3-1-2-10-21-16)9-6-14(11-20)18(22)23/h1-10H,12H2. The third-order valence-corrected chi connectivity index (χ3v) is 3.48. The Bertz CT molecular complexity index is 925. The number of hydrogen-bond donors (Lipinski definition) is 0. The summed E-state index contributed by atoms with van der Waals surface area (Å²) in [7, 11) is 0. The normalized spacial score (nSPS) is 10.3. The van der Waals surface area contributed by atoms with Gasteiger partial charge in [-0.2, -0.15) is 5.26 Å². The van der Waals surface area contributed by atoms with E-state index in [0.29, 0.717) is 11.4 Å². The van der Waals surface area contributed by atoms with Gasteiger partial charge < -0.3 is 4.57 Å². The van der Waals surface area contributed by atoms with Crippen molar-refractivity contribution in [3.05, 3.63) is 88.1 Å². The van der Waals surface area contributed by atoms with Crippen LogP contribution in [0.25, 0.3) is 11.4 Å². The lowest BCUT2D eigenvalue weighted by molar-refractivity contribution is 0.626. The van der Waals surface area contributed by atoms with E-state index in [1.54, 1.807) is 36.5 Å². The Kier molecular flexibility index (Phi) is 3.98. The summed E-state index contributed by atoms with van der Waals surface area (Å²) in [6.45, 7) is 0.237. The Morgan fingerprint density at radius 2 is 1.87 bits per heavy atom. The Hall–Kier alpha value is -3.26. The summed E-state index contributed by atoms with van der Waals surface area (Å²) >= 11 is 0. The molecule has 0 aliphatic heterocycles. The van der Waals surface area contributed by atoms with Crippen LogP contribution in [-0.2, 0) is 6.54 Å². The minimum absolute atomic E-state index is 0.0618.